The van der Waals surface area contributed by atoms with Crippen LogP contribution in [0.1, 0.15) is 31.2 Å². The van der Waals surface area contributed by atoms with Crippen LogP contribution in [-0.2, 0) is 6.54 Å². The Hall–Kier alpha value is -1.55. The molecule has 1 saturated carbocycles. The van der Waals surface area contributed by atoms with E-state index in [1.54, 1.807) is 0 Å². The number of urea groups is 1. The summed E-state index contributed by atoms with van der Waals surface area (Å²) in [5.74, 6) is 0.549. The molecule has 104 valence electrons. The summed E-state index contributed by atoms with van der Waals surface area (Å²) in [5, 5.41) is 5.89. The smallest absolute Gasteiger partial charge is 0.315 e. The second-order valence-electron chi connectivity index (χ2n) is 5.20. The molecule has 0 spiro atoms. The quantitative estimate of drug-likeness (QED) is 0.759. The second-order valence-corrected chi connectivity index (χ2v) is 5.20. The number of rotatable bonds is 5. The normalized spacial score (nSPS) is 17.1. The highest BCUT2D eigenvalue weighted by molar-refractivity contribution is 5.74. The molecule has 1 atom stereocenters. The van der Waals surface area contributed by atoms with Crippen LogP contribution in [-0.4, -0.2) is 18.6 Å². The average Bonchev–Trinajstić information content (AvgIpc) is 2.97. The Morgan fingerprint density at radius 1 is 1.26 bits per heavy atom. The summed E-state index contributed by atoms with van der Waals surface area (Å²) in [5.41, 5.74) is 6.87. The molecule has 1 aliphatic rings. The Bertz CT molecular complexity index is 388. The van der Waals surface area contributed by atoms with E-state index in [4.69, 9.17) is 5.73 Å². The van der Waals surface area contributed by atoms with Crippen molar-refractivity contribution >= 4 is 6.03 Å². The fraction of sp³-hybridized carbons (Fsp3) is 0.533. The third-order valence-corrected chi connectivity index (χ3v) is 3.84. The first-order valence-electron chi connectivity index (χ1n) is 7.08. The van der Waals surface area contributed by atoms with E-state index in [2.05, 4.69) is 10.6 Å². The van der Waals surface area contributed by atoms with Crippen molar-refractivity contribution in [3.63, 3.8) is 0 Å². The van der Waals surface area contributed by atoms with Gasteiger partial charge in [0.05, 0.1) is 0 Å². The summed E-state index contributed by atoms with van der Waals surface area (Å²) in [7, 11) is 0. The van der Waals surface area contributed by atoms with Crippen molar-refractivity contribution in [3.8, 4) is 0 Å². The molecule has 1 unspecified atom stereocenters. The van der Waals surface area contributed by atoms with Gasteiger partial charge < -0.3 is 16.4 Å². The molecule has 0 aliphatic heterocycles. The van der Waals surface area contributed by atoms with E-state index in [0.29, 0.717) is 19.0 Å². The van der Waals surface area contributed by atoms with Crippen molar-refractivity contribution in [2.45, 2.75) is 38.3 Å². The molecule has 4 nitrogen and oxygen atoms in total. The summed E-state index contributed by atoms with van der Waals surface area (Å²) in [6.07, 6.45) is 4.88. The van der Waals surface area contributed by atoms with Gasteiger partial charge in [0.2, 0.25) is 0 Å². The third-order valence-electron chi connectivity index (χ3n) is 3.84. The van der Waals surface area contributed by atoms with E-state index >= 15 is 0 Å². The molecule has 0 saturated heterocycles. The third kappa shape index (κ3) is 4.24. The molecule has 0 aromatic heterocycles. The molecular weight excluding hydrogens is 238 g/mol. The predicted octanol–water partition coefficient (Wildman–Crippen LogP) is 2.00. The van der Waals surface area contributed by atoms with Gasteiger partial charge in [-0.3, -0.25) is 0 Å². The maximum atomic E-state index is 11.9. The van der Waals surface area contributed by atoms with Gasteiger partial charge in [-0.05, 0) is 24.3 Å². The molecule has 1 aromatic carbocycles. The summed E-state index contributed by atoms with van der Waals surface area (Å²) >= 11 is 0. The average molecular weight is 261 g/mol. The van der Waals surface area contributed by atoms with Gasteiger partial charge >= 0.3 is 6.03 Å². The van der Waals surface area contributed by atoms with Crippen LogP contribution in [0.3, 0.4) is 0 Å². The minimum Gasteiger partial charge on any atom is -0.334 e. The molecule has 1 aliphatic carbocycles. The van der Waals surface area contributed by atoms with Crippen molar-refractivity contribution in [2.75, 3.05) is 6.54 Å². The Labute approximate surface area is 114 Å². The van der Waals surface area contributed by atoms with Crippen molar-refractivity contribution < 1.29 is 4.79 Å². The number of carbonyl (C=O) groups is 1. The SMILES string of the molecule is NCC(NC(=O)NCc1ccccc1)C1CCCC1. The minimum atomic E-state index is -0.119. The lowest BCUT2D eigenvalue weighted by Crippen LogP contribution is -2.48. The zero-order chi connectivity index (χ0) is 13.5. The van der Waals surface area contributed by atoms with Gasteiger partial charge in [0.1, 0.15) is 0 Å². The van der Waals surface area contributed by atoms with Crippen LogP contribution in [0.25, 0.3) is 0 Å². The molecule has 1 aromatic rings. The monoisotopic (exact) mass is 261 g/mol. The summed E-state index contributed by atoms with van der Waals surface area (Å²) in [4.78, 5) is 11.9. The van der Waals surface area contributed by atoms with Crippen molar-refractivity contribution in [1.29, 1.82) is 0 Å². The maximum Gasteiger partial charge on any atom is 0.315 e. The molecule has 2 rings (SSSR count). The highest BCUT2D eigenvalue weighted by Crippen LogP contribution is 2.27. The van der Waals surface area contributed by atoms with Crippen molar-refractivity contribution in [3.05, 3.63) is 35.9 Å². The topological polar surface area (TPSA) is 67.1 Å². The molecule has 0 bridgehead atoms. The minimum absolute atomic E-state index is 0.110. The number of nitrogens with two attached hydrogens (primary N) is 1. The lowest BCUT2D eigenvalue weighted by molar-refractivity contribution is 0.231. The van der Waals surface area contributed by atoms with Crippen molar-refractivity contribution in [1.82, 2.24) is 10.6 Å². The Balaban J connectivity index is 1.76. The van der Waals surface area contributed by atoms with E-state index in [0.717, 1.165) is 5.56 Å². The van der Waals surface area contributed by atoms with Gasteiger partial charge in [0.15, 0.2) is 0 Å². The van der Waals surface area contributed by atoms with Crippen LogP contribution in [0.15, 0.2) is 30.3 Å². The van der Waals surface area contributed by atoms with Crippen LogP contribution in [0.4, 0.5) is 4.79 Å². The van der Waals surface area contributed by atoms with Crippen LogP contribution in [0.2, 0.25) is 0 Å². The molecule has 4 heteroatoms. The van der Waals surface area contributed by atoms with Gasteiger partial charge in [0.25, 0.3) is 0 Å². The van der Waals surface area contributed by atoms with E-state index in [9.17, 15) is 4.79 Å². The Morgan fingerprint density at radius 2 is 1.95 bits per heavy atom. The summed E-state index contributed by atoms with van der Waals surface area (Å²) < 4.78 is 0. The zero-order valence-electron chi connectivity index (χ0n) is 11.3. The molecule has 1 fully saturated rings. The number of amides is 2. The first kappa shape index (κ1) is 13.9. The van der Waals surface area contributed by atoms with Crippen LogP contribution in [0, 0.1) is 5.92 Å². The first-order valence-corrected chi connectivity index (χ1v) is 7.08. The molecule has 0 heterocycles. The lowest BCUT2D eigenvalue weighted by atomic mass is 9.98. The van der Waals surface area contributed by atoms with E-state index in [1.165, 1.54) is 25.7 Å². The second kappa shape index (κ2) is 7.14. The number of nitrogens with one attached hydrogen (secondary N) is 2. The molecular formula is C15H23N3O. The zero-order valence-corrected chi connectivity index (χ0v) is 11.3. The first-order chi connectivity index (χ1) is 9.29. The lowest BCUT2D eigenvalue weighted by Gasteiger charge is -2.23. The summed E-state index contributed by atoms with van der Waals surface area (Å²) in [6.45, 7) is 1.07. The maximum absolute atomic E-state index is 11.9. The van der Waals surface area contributed by atoms with Gasteiger partial charge in [-0.15, -0.1) is 0 Å². The van der Waals surface area contributed by atoms with Crippen LogP contribution < -0.4 is 16.4 Å². The highest BCUT2D eigenvalue weighted by atomic mass is 16.2. The number of carbonyl (C=O) groups excluding carboxylic acids is 1. The van der Waals surface area contributed by atoms with E-state index in [1.807, 2.05) is 30.3 Å². The highest BCUT2D eigenvalue weighted by Gasteiger charge is 2.24. The fourth-order valence-electron chi connectivity index (χ4n) is 2.73. The molecule has 4 N–H and O–H groups in total. The fourth-order valence-corrected chi connectivity index (χ4v) is 2.73. The van der Waals surface area contributed by atoms with Gasteiger partial charge in [0, 0.05) is 19.1 Å². The van der Waals surface area contributed by atoms with Crippen LogP contribution >= 0.6 is 0 Å². The van der Waals surface area contributed by atoms with Crippen LogP contribution in [0.5, 0.6) is 0 Å². The Kier molecular flexibility index (Phi) is 5.21. The predicted molar refractivity (Wildman–Crippen MR) is 76.6 cm³/mol. The number of hydrogen-bond acceptors (Lipinski definition) is 2. The molecule has 0 radical (unpaired) electrons. The molecule has 19 heavy (non-hydrogen) atoms. The molecule has 2 amide bonds. The standard InChI is InChI=1S/C15H23N3O/c16-10-14(13-8-4-5-9-13)18-15(19)17-11-12-6-2-1-3-7-12/h1-3,6-7,13-14H,4-5,8-11,16H2,(H2,17,18,19). The van der Waals surface area contributed by atoms with Gasteiger partial charge in [-0.25, -0.2) is 4.79 Å². The van der Waals surface area contributed by atoms with E-state index < -0.39 is 0 Å². The van der Waals surface area contributed by atoms with Crippen molar-refractivity contribution in [2.24, 2.45) is 11.7 Å². The Morgan fingerprint density at radius 3 is 2.58 bits per heavy atom. The van der Waals surface area contributed by atoms with Gasteiger partial charge in [-0.2, -0.15) is 0 Å². The number of hydrogen-bond donors (Lipinski definition) is 3. The summed E-state index contributed by atoms with van der Waals surface area (Å²) in [6, 6.07) is 9.89. The number of benzene rings is 1. The largest absolute Gasteiger partial charge is 0.334 e. The van der Waals surface area contributed by atoms with E-state index in [-0.39, 0.29) is 12.1 Å². The van der Waals surface area contributed by atoms with Gasteiger partial charge in [-0.1, -0.05) is 43.2 Å².